The van der Waals surface area contributed by atoms with Crippen molar-refractivity contribution >= 4 is 0 Å². The van der Waals surface area contributed by atoms with Crippen LogP contribution in [0.3, 0.4) is 0 Å². The summed E-state index contributed by atoms with van der Waals surface area (Å²) in [5.74, 6) is 0. The largest absolute Gasteiger partial charge is 0.496 e. The third kappa shape index (κ3) is 7.59. The summed E-state index contributed by atoms with van der Waals surface area (Å²) >= 11 is 0. The molecule has 4 atom stereocenters. The first kappa shape index (κ1) is 18.7. The minimum atomic E-state index is -0.463. The Kier molecular flexibility index (Phi) is 8.82. The lowest BCUT2D eigenvalue weighted by Crippen LogP contribution is -2.33. The van der Waals surface area contributed by atoms with Crippen LogP contribution in [0.25, 0.3) is 0 Å². The van der Waals surface area contributed by atoms with E-state index in [1.54, 1.807) is 6.92 Å². The van der Waals surface area contributed by atoms with Crippen molar-refractivity contribution in [1.29, 1.82) is 0 Å². The Morgan fingerprint density at radius 1 is 1.09 bits per heavy atom. The summed E-state index contributed by atoms with van der Waals surface area (Å²) in [4.78, 5) is 0. The van der Waals surface area contributed by atoms with Crippen molar-refractivity contribution in [3.05, 3.63) is 48.7 Å². The van der Waals surface area contributed by atoms with E-state index in [2.05, 4.69) is 18.7 Å². The predicted molar refractivity (Wildman–Crippen MR) is 87.7 cm³/mol. The molecular weight excluding hydrogens is 280 g/mol. The van der Waals surface area contributed by atoms with Gasteiger partial charge in [-0.15, -0.1) is 0 Å². The van der Waals surface area contributed by atoms with Gasteiger partial charge in [0.1, 0.15) is 6.10 Å². The van der Waals surface area contributed by atoms with E-state index in [0.29, 0.717) is 13.2 Å². The molecule has 0 bridgehead atoms. The Hall–Kier alpha value is -1.36. The van der Waals surface area contributed by atoms with Gasteiger partial charge in [0.15, 0.2) is 0 Å². The SMILES string of the molecule is C=COC(Cc1ccccc1)C(C)OCC(C)OCC(C)O. The number of ether oxygens (including phenoxy) is 3. The molecule has 124 valence electrons. The van der Waals surface area contributed by atoms with Gasteiger partial charge in [0.2, 0.25) is 0 Å². The second-order valence-electron chi connectivity index (χ2n) is 5.56. The molecular formula is C18H28O4. The molecule has 0 saturated heterocycles. The smallest absolute Gasteiger partial charge is 0.128 e. The fourth-order valence-electron chi connectivity index (χ4n) is 2.04. The van der Waals surface area contributed by atoms with Gasteiger partial charge in [-0.1, -0.05) is 36.9 Å². The molecule has 4 unspecified atom stereocenters. The topological polar surface area (TPSA) is 47.9 Å². The lowest BCUT2D eigenvalue weighted by atomic mass is 10.0. The van der Waals surface area contributed by atoms with E-state index in [9.17, 15) is 5.11 Å². The number of aliphatic hydroxyl groups is 1. The molecule has 1 rings (SSSR count). The quantitative estimate of drug-likeness (QED) is 0.639. The minimum absolute atomic E-state index is 0.0712. The first-order valence-electron chi connectivity index (χ1n) is 7.74. The molecule has 4 nitrogen and oxygen atoms in total. The van der Waals surface area contributed by atoms with Crippen LogP contribution in [0.4, 0.5) is 0 Å². The van der Waals surface area contributed by atoms with Gasteiger partial charge >= 0.3 is 0 Å². The molecule has 0 fully saturated rings. The van der Waals surface area contributed by atoms with Crippen LogP contribution in [0.15, 0.2) is 43.2 Å². The van der Waals surface area contributed by atoms with Crippen molar-refractivity contribution in [2.75, 3.05) is 13.2 Å². The van der Waals surface area contributed by atoms with Gasteiger partial charge in [-0.05, 0) is 26.3 Å². The zero-order valence-electron chi connectivity index (χ0n) is 13.8. The number of aliphatic hydroxyl groups excluding tert-OH is 1. The maximum absolute atomic E-state index is 9.20. The molecule has 0 aliphatic carbocycles. The van der Waals surface area contributed by atoms with E-state index in [1.165, 1.54) is 11.8 Å². The molecule has 4 heteroatoms. The van der Waals surface area contributed by atoms with Crippen molar-refractivity contribution in [1.82, 2.24) is 0 Å². The van der Waals surface area contributed by atoms with Crippen LogP contribution in [0.5, 0.6) is 0 Å². The van der Waals surface area contributed by atoms with Gasteiger partial charge in [-0.2, -0.15) is 0 Å². The molecule has 0 spiro atoms. The first-order valence-corrected chi connectivity index (χ1v) is 7.74. The molecule has 0 saturated carbocycles. The van der Waals surface area contributed by atoms with Gasteiger partial charge in [0.25, 0.3) is 0 Å². The standard InChI is InChI=1S/C18H28O4/c1-5-20-18(11-17-9-7-6-8-10-17)16(4)22-13-15(3)21-12-14(2)19/h5-10,14-16,18-19H,1,11-13H2,2-4H3. The van der Waals surface area contributed by atoms with Crippen molar-refractivity contribution in [3.63, 3.8) is 0 Å². The van der Waals surface area contributed by atoms with Gasteiger partial charge in [0.05, 0.1) is 37.8 Å². The molecule has 1 aromatic rings. The fraction of sp³-hybridized carbons (Fsp3) is 0.556. The van der Waals surface area contributed by atoms with E-state index >= 15 is 0 Å². The third-order valence-electron chi connectivity index (χ3n) is 3.29. The zero-order chi connectivity index (χ0) is 16.4. The number of hydrogen-bond acceptors (Lipinski definition) is 4. The van der Waals surface area contributed by atoms with Gasteiger partial charge < -0.3 is 19.3 Å². The summed E-state index contributed by atoms with van der Waals surface area (Å²) in [5.41, 5.74) is 1.20. The maximum Gasteiger partial charge on any atom is 0.128 e. The number of rotatable bonds is 11. The Morgan fingerprint density at radius 2 is 1.77 bits per heavy atom. The van der Waals surface area contributed by atoms with Crippen LogP contribution in [-0.2, 0) is 20.6 Å². The van der Waals surface area contributed by atoms with Crippen molar-refractivity contribution in [2.45, 2.75) is 51.6 Å². The predicted octanol–water partition coefficient (Wildman–Crippen LogP) is 2.95. The van der Waals surface area contributed by atoms with Crippen LogP contribution >= 0.6 is 0 Å². The Morgan fingerprint density at radius 3 is 2.36 bits per heavy atom. The van der Waals surface area contributed by atoms with Gasteiger partial charge in [-0.25, -0.2) is 0 Å². The summed E-state index contributed by atoms with van der Waals surface area (Å²) in [5, 5.41) is 9.20. The summed E-state index contributed by atoms with van der Waals surface area (Å²) < 4.78 is 16.9. The minimum Gasteiger partial charge on any atom is -0.496 e. The Labute approximate surface area is 133 Å². The molecule has 0 aliphatic heterocycles. The zero-order valence-corrected chi connectivity index (χ0v) is 13.8. The fourth-order valence-corrected chi connectivity index (χ4v) is 2.04. The average molecular weight is 308 g/mol. The number of hydrogen-bond donors (Lipinski definition) is 1. The Bertz CT molecular complexity index is 405. The van der Waals surface area contributed by atoms with Crippen LogP contribution in [0, 0.1) is 0 Å². The van der Waals surface area contributed by atoms with E-state index in [1.807, 2.05) is 32.0 Å². The Balaban J connectivity index is 2.44. The van der Waals surface area contributed by atoms with Crippen LogP contribution in [-0.4, -0.2) is 42.7 Å². The van der Waals surface area contributed by atoms with E-state index < -0.39 is 6.10 Å². The van der Waals surface area contributed by atoms with E-state index in [0.717, 1.165) is 6.42 Å². The maximum atomic E-state index is 9.20. The van der Waals surface area contributed by atoms with E-state index in [-0.39, 0.29) is 18.3 Å². The molecule has 0 radical (unpaired) electrons. The number of benzene rings is 1. The summed E-state index contributed by atoms with van der Waals surface area (Å²) in [7, 11) is 0. The molecule has 0 amide bonds. The first-order chi connectivity index (χ1) is 10.5. The van der Waals surface area contributed by atoms with Crippen LogP contribution in [0.1, 0.15) is 26.3 Å². The highest BCUT2D eigenvalue weighted by Crippen LogP contribution is 2.13. The molecule has 1 aromatic carbocycles. The van der Waals surface area contributed by atoms with Crippen molar-refractivity contribution in [3.8, 4) is 0 Å². The second kappa shape index (κ2) is 10.4. The van der Waals surface area contributed by atoms with Gasteiger partial charge in [-0.3, -0.25) is 0 Å². The molecule has 0 aliphatic rings. The summed E-state index contributed by atoms with van der Waals surface area (Å²) in [6.45, 7) is 10.0. The highest BCUT2D eigenvalue weighted by Gasteiger charge is 2.20. The van der Waals surface area contributed by atoms with E-state index in [4.69, 9.17) is 14.2 Å². The van der Waals surface area contributed by atoms with Crippen molar-refractivity contribution in [2.24, 2.45) is 0 Å². The lowest BCUT2D eigenvalue weighted by Gasteiger charge is -2.25. The lowest BCUT2D eigenvalue weighted by molar-refractivity contribution is -0.0831. The van der Waals surface area contributed by atoms with Crippen LogP contribution in [0.2, 0.25) is 0 Å². The monoisotopic (exact) mass is 308 g/mol. The molecule has 22 heavy (non-hydrogen) atoms. The second-order valence-corrected chi connectivity index (χ2v) is 5.56. The average Bonchev–Trinajstić information content (AvgIpc) is 2.51. The highest BCUT2D eigenvalue weighted by atomic mass is 16.6. The third-order valence-corrected chi connectivity index (χ3v) is 3.29. The summed E-state index contributed by atoms with van der Waals surface area (Å²) in [6, 6.07) is 10.2. The van der Waals surface area contributed by atoms with Crippen LogP contribution < -0.4 is 0 Å². The van der Waals surface area contributed by atoms with Gasteiger partial charge in [0, 0.05) is 6.42 Å². The highest BCUT2D eigenvalue weighted by molar-refractivity contribution is 5.15. The molecule has 1 N–H and O–H groups in total. The van der Waals surface area contributed by atoms with Crippen molar-refractivity contribution < 1.29 is 19.3 Å². The molecule has 0 heterocycles. The molecule has 0 aromatic heterocycles. The summed E-state index contributed by atoms with van der Waals surface area (Å²) in [6.07, 6.45) is 1.50. The normalized spacial score (nSPS) is 16.5.